The van der Waals surface area contributed by atoms with Gasteiger partial charge in [0.2, 0.25) is 0 Å². The Morgan fingerprint density at radius 2 is 2.32 bits per heavy atom. The number of aromatic nitrogens is 3. The quantitative estimate of drug-likeness (QED) is 0.773. The van der Waals surface area contributed by atoms with E-state index < -0.39 is 0 Å². The van der Waals surface area contributed by atoms with Gasteiger partial charge in [-0.15, -0.1) is 0 Å². The topological polar surface area (TPSA) is 84.1 Å². The monoisotopic (exact) mass is 320 g/mol. The molecule has 0 spiro atoms. The third-order valence-electron chi connectivity index (χ3n) is 3.64. The molecule has 1 saturated carbocycles. The summed E-state index contributed by atoms with van der Waals surface area (Å²) in [6.45, 7) is 0.0956. The number of aliphatic hydroxyl groups is 1. The number of nitrogens with zero attached hydrogens (tertiary/aromatic N) is 3. The molecule has 1 aliphatic carbocycles. The van der Waals surface area contributed by atoms with Crippen LogP contribution in [0.3, 0.4) is 0 Å². The van der Waals surface area contributed by atoms with Crippen LogP contribution in [0.4, 0.5) is 5.82 Å². The highest BCUT2D eigenvalue weighted by atomic mass is 32.2. The largest absolute Gasteiger partial charge is 0.394 e. The molecule has 0 amide bonds. The third-order valence-corrected chi connectivity index (χ3v) is 4.28. The van der Waals surface area contributed by atoms with E-state index in [1.165, 1.54) is 0 Å². The average molecular weight is 320 g/mol. The van der Waals surface area contributed by atoms with Gasteiger partial charge in [-0.2, -0.15) is 16.7 Å². The Kier molecular flexibility index (Phi) is 4.94. The minimum absolute atomic E-state index is 0.0238. The van der Waals surface area contributed by atoms with E-state index in [0.717, 1.165) is 42.2 Å². The molecule has 0 aliphatic heterocycles. The summed E-state index contributed by atoms with van der Waals surface area (Å²) in [6.07, 6.45) is 6.98. The molecule has 0 radical (unpaired) electrons. The molecule has 2 heterocycles. The van der Waals surface area contributed by atoms with Gasteiger partial charge in [-0.05, 0) is 43.4 Å². The molecule has 2 N–H and O–H groups in total. The first-order valence-corrected chi connectivity index (χ1v) is 8.86. The molecule has 0 saturated heterocycles. The van der Waals surface area contributed by atoms with E-state index >= 15 is 0 Å². The number of hydrogen-bond donors (Lipinski definition) is 2. The predicted molar refractivity (Wildman–Crippen MR) is 87.0 cm³/mol. The van der Waals surface area contributed by atoms with E-state index in [4.69, 9.17) is 4.52 Å². The van der Waals surface area contributed by atoms with Crippen molar-refractivity contribution in [1.29, 1.82) is 0 Å². The van der Waals surface area contributed by atoms with Gasteiger partial charge in [0, 0.05) is 12.1 Å². The molecule has 118 valence electrons. The summed E-state index contributed by atoms with van der Waals surface area (Å²) in [5, 5.41) is 16.6. The highest BCUT2D eigenvalue weighted by Crippen LogP contribution is 2.38. The Morgan fingerprint density at radius 1 is 1.45 bits per heavy atom. The standard InChI is InChI=1S/C15H20N4O2S/c1-22-7-6-12(9-20)17-13-5-4-11(8-16-13)15-18-14(19-21-15)10-2-3-10/h4-5,8,10,12,20H,2-3,6-7,9H2,1H3,(H,16,17)/t12-/m0/s1. The van der Waals surface area contributed by atoms with Gasteiger partial charge in [-0.1, -0.05) is 5.16 Å². The van der Waals surface area contributed by atoms with Gasteiger partial charge < -0.3 is 14.9 Å². The molecule has 0 bridgehead atoms. The van der Waals surface area contributed by atoms with Crippen LogP contribution in [-0.2, 0) is 0 Å². The fourth-order valence-corrected chi connectivity index (χ4v) is 2.66. The van der Waals surface area contributed by atoms with Crippen molar-refractivity contribution in [3.8, 4) is 11.5 Å². The van der Waals surface area contributed by atoms with Crippen molar-refractivity contribution >= 4 is 17.6 Å². The van der Waals surface area contributed by atoms with Crippen LogP contribution in [0.25, 0.3) is 11.5 Å². The molecule has 1 aliphatic rings. The second kappa shape index (κ2) is 7.11. The van der Waals surface area contributed by atoms with Gasteiger partial charge in [0.05, 0.1) is 18.2 Å². The molecule has 3 rings (SSSR count). The number of anilines is 1. The second-order valence-electron chi connectivity index (χ2n) is 5.47. The number of aliphatic hydroxyl groups excluding tert-OH is 1. The number of nitrogens with one attached hydrogen (secondary N) is 1. The third kappa shape index (κ3) is 3.78. The van der Waals surface area contributed by atoms with Gasteiger partial charge >= 0.3 is 0 Å². The predicted octanol–water partition coefficient (Wildman–Crippen LogP) is 2.53. The fraction of sp³-hybridized carbons (Fsp3) is 0.533. The van der Waals surface area contributed by atoms with E-state index in [2.05, 4.69) is 26.7 Å². The fourth-order valence-electron chi connectivity index (χ4n) is 2.14. The number of rotatable bonds is 8. The first-order chi connectivity index (χ1) is 10.8. The van der Waals surface area contributed by atoms with E-state index in [1.54, 1.807) is 18.0 Å². The summed E-state index contributed by atoms with van der Waals surface area (Å²) in [7, 11) is 0. The first-order valence-electron chi connectivity index (χ1n) is 7.46. The molecular formula is C15H20N4O2S. The van der Waals surface area contributed by atoms with Crippen LogP contribution in [-0.4, -0.2) is 44.9 Å². The van der Waals surface area contributed by atoms with Crippen LogP contribution >= 0.6 is 11.8 Å². The lowest BCUT2D eigenvalue weighted by atomic mass is 10.2. The van der Waals surface area contributed by atoms with Gasteiger partial charge in [0.1, 0.15) is 5.82 Å². The molecule has 2 aromatic rings. The molecule has 1 atom stereocenters. The summed E-state index contributed by atoms with van der Waals surface area (Å²) in [4.78, 5) is 8.77. The smallest absolute Gasteiger partial charge is 0.259 e. The zero-order valence-electron chi connectivity index (χ0n) is 12.5. The Labute approximate surface area is 133 Å². The van der Waals surface area contributed by atoms with Crippen molar-refractivity contribution in [2.24, 2.45) is 0 Å². The van der Waals surface area contributed by atoms with E-state index in [-0.39, 0.29) is 12.6 Å². The molecule has 1 fully saturated rings. The summed E-state index contributed by atoms with van der Waals surface area (Å²) >= 11 is 1.77. The van der Waals surface area contributed by atoms with Crippen molar-refractivity contribution in [3.63, 3.8) is 0 Å². The van der Waals surface area contributed by atoms with Gasteiger partial charge in [0.15, 0.2) is 5.82 Å². The van der Waals surface area contributed by atoms with Crippen molar-refractivity contribution < 1.29 is 9.63 Å². The Balaban J connectivity index is 1.63. The summed E-state index contributed by atoms with van der Waals surface area (Å²) in [5.74, 6) is 3.54. The summed E-state index contributed by atoms with van der Waals surface area (Å²) < 4.78 is 5.28. The van der Waals surface area contributed by atoms with E-state index in [0.29, 0.717) is 11.8 Å². The maximum atomic E-state index is 9.37. The van der Waals surface area contributed by atoms with Crippen LogP contribution in [0.1, 0.15) is 31.0 Å². The number of thioether (sulfide) groups is 1. The molecule has 22 heavy (non-hydrogen) atoms. The van der Waals surface area contributed by atoms with Crippen LogP contribution in [0.5, 0.6) is 0 Å². The highest BCUT2D eigenvalue weighted by molar-refractivity contribution is 7.98. The Hall–Kier alpha value is -1.60. The maximum absolute atomic E-state index is 9.37. The van der Waals surface area contributed by atoms with Gasteiger partial charge in [0.25, 0.3) is 5.89 Å². The highest BCUT2D eigenvalue weighted by Gasteiger charge is 2.29. The van der Waals surface area contributed by atoms with Crippen LogP contribution in [0, 0.1) is 0 Å². The summed E-state index contributed by atoms with van der Waals surface area (Å²) in [5.41, 5.74) is 0.814. The first kappa shape index (κ1) is 15.3. The maximum Gasteiger partial charge on any atom is 0.259 e. The molecule has 0 unspecified atom stereocenters. The van der Waals surface area contributed by atoms with Gasteiger partial charge in [-0.3, -0.25) is 0 Å². The Bertz CT molecular complexity index is 598. The van der Waals surface area contributed by atoms with Crippen molar-refractivity contribution in [2.75, 3.05) is 23.9 Å². The SMILES string of the molecule is CSCC[C@@H](CO)Nc1ccc(-c2nc(C3CC3)no2)cn1. The lowest BCUT2D eigenvalue weighted by Crippen LogP contribution is -2.24. The lowest BCUT2D eigenvalue weighted by molar-refractivity contribution is 0.272. The number of hydrogen-bond acceptors (Lipinski definition) is 7. The number of pyridine rings is 1. The van der Waals surface area contributed by atoms with Crippen molar-refractivity contribution in [1.82, 2.24) is 15.1 Å². The minimum atomic E-state index is 0.0238. The van der Waals surface area contributed by atoms with Crippen LogP contribution < -0.4 is 5.32 Å². The van der Waals surface area contributed by atoms with Crippen LogP contribution in [0.15, 0.2) is 22.9 Å². The minimum Gasteiger partial charge on any atom is -0.394 e. The molecule has 2 aromatic heterocycles. The zero-order valence-corrected chi connectivity index (χ0v) is 13.3. The second-order valence-corrected chi connectivity index (χ2v) is 6.46. The van der Waals surface area contributed by atoms with Crippen molar-refractivity contribution in [3.05, 3.63) is 24.2 Å². The van der Waals surface area contributed by atoms with E-state index in [9.17, 15) is 5.11 Å². The summed E-state index contributed by atoms with van der Waals surface area (Å²) in [6, 6.07) is 3.80. The van der Waals surface area contributed by atoms with Crippen molar-refractivity contribution in [2.45, 2.75) is 31.2 Å². The average Bonchev–Trinajstić information content (AvgIpc) is 3.29. The molecule has 0 aromatic carbocycles. The molecule has 7 heteroatoms. The van der Waals surface area contributed by atoms with Crippen LogP contribution in [0.2, 0.25) is 0 Å². The van der Waals surface area contributed by atoms with E-state index in [1.807, 2.05) is 12.1 Å². The molecule has 6 nitrogen and oxygen atoms in total. The zero-order chi connectivity index (χ0) is 15.4. The Morgan fingerprint density at radius 3 is 2.95 bits per heavy atom. The molecular weight excluding hydrogens is 300 g/mol. The lowest BCUT2D eigenvalue weighted by Gasteiger charge is -2.16. The van der Waals surface area contributed by atoms with Gasteiger partial charge in [-0.25, -0.2) is 4.98 Å². The normalized spacial score (nSPS) is 15.7.